The largest absolute Gasteiger partial charge is 0.478 e. The van der Waals surface area contributed by atoms with Crippen molar-refractivity contribution < 1.29 is 27.8 Å². The first kappa shape index (κ1) is 15.3. The molecule has 0 radical (unpaired) electrons. The van der Waals surface area contributed by atoms with Crippen LogP contribution < -0.4 is 0 Å². The number of alkyl halides is 3. The van der Waals surface area contributed by atoms with Gasteiger partial charge in [-0.1, -0.05) is 36.4 Å². The van der Waals surface area contributed by atoms with Crippen LogP contribution in [0.2, 0.25) is 0 Å². The number of carboxylic acids is 1. The van der Waals surface area contributed by atoms with Crippen molar-refractivity contribution in [2.75, 3.05) is 7.11 Å². The van der Waals surface area contributed by atoms with Crippen molar-refractivity contribution in [2.45, 2.75) is 17.7 Å². The number of carbonyl (C=O) groups is 1. The van der Waals surface area contributed by atoms with Gasteiger partial charge in [-0.15, -0.1) is 0 Å². The Morgan fingerprint density at radius 3 is 2.38 bits per heavy atom. The van der Waals surface area contributed by atoms with E-state index in [1.54, 1.807) is 30.3 Å². The van der Waals surface area contributed by atoms with Crippen LogP contribution in [0.3, 0.4) is 0 Å². The van der Waals surface area contributed by atoms with E-state index >= 15 is 0 Å². The lowest BCUT2D eigenvalue weighted by molar-refractivity contribution is -0.230. The molecule has 0 bridgehead atoms. The number of ether oxygens (including phenoxy) is 1. The third kappa shape index (κ3) is 2.71. The van der Waals surface area contributed by atoms with Gasteiger partial charge in [-0.3, -0.25) is 0 Å². The van der Waals surface area contributed by atoms with Gasteiger partial charge in [-0.25, -0.2) is 4.79 Å². The second-order valence-corrected chi connectivity index (χ2v) is 4.65. The normalized spacial score (nSPS) is 25.5. The van der Waals surface area contributed by atoms with E-state index in [0.29, 0.717) is 11.6 Å². The maximum Gasteiger partial charge on any atom is 0.424 e. The average Bonchev–Trinajstić information content (AvgIpc) is 2.46. The summed E-state index contributed by atoms with van der Waals surface area (Å²) in [6, 6.07) is 8.48. The van der Waals surface area contributed by atoms with Crippen molar-refractivity contribution in [1.82, 2.24) is 0 Å². The van der Waals surface area contributed by atoms with Crippen LogP contribution in [-0.4, -0.2) is 30.0 Å². The molecule has 21 heavy (non-hydrogen) atoms. The summed E-state index contributed by atoms with van der Waals surface area (Å²) in [6.45, 7) is 0. The quantitative estimate of drug-likeness (QED) is 0.871. The van der Waals surface area contributed by atoms with Crippen molar-refractivity contribution in [1.29, 1.82) is 0 Å². The molecular weight excluding hydrogens is 285 g/mol. The van der Waals surface area contributed by atoms with E-state index in [0.717, 1.165) is 13.2 Å². The van der Waals surface area contributed by atoms with Crippen LogP contribution in [0.25, 0.3) is 0 Å². The van der Waals surface area contributed by atoms with Crippen LogP contribution in [0.4, 0.5) is 13.2 Å². The summed E-state index contributed by atoms with van der Waals surface area (Å²) in [6.07, 6.45) is -2.03. The minimum absolute atomic E-state index is 0.358. The summed E-state index contributed by atoms with van der Waals surface area (Å²) in [5, 5.41) is 9.24. The number of rotatable bonds is 3. The van der Waals surface area contributed by atoms with Crippen LogP contribution in [0.15, 0.2) is 54.1 Å². The van der Waals surface area contributed by atoms with Gasteiger partial charge in [0.2, 0.25) is 5.60 Å². The van der Waals surface area contributed by atoms with Gasteiger partial charge in [-0.05, 0) is 17.7 Å². The summed E-state index contributed by atoms with van der Waals surface area (Å²) in [4.78, 5) is 11.3. The zero-order valence-electron chi connectivity index (χ0n) is 11.1. The van der Waals surface area contributed by atoms with Crippen molar-refractivity contribution in [3.63, 3.8) is 0 Å². The molecule has 0 fully saturated rings. The number of hydrogen-bond acceptors (Lipinski definition) is 2. The van der Waals surface area contributed by atoms with Gasteiger partial charge in [0, 0.05) is 18.6 Å². The summed E-state index contributed by atoms with van der Waals surface area (Å²) >= 11 is 0. The summed E-state index contributed by atoms with van der Waals surface area (Å²) in [5.41, 5.74) is -2.46. The lowest BCUT2D eigenvalue weighted by Gasteiger charge is -2.33. The standard InChI is InChI=1S/C15H13F3O3/c1-21-14(15(16,17)18)8-7-11(12(9-14)13(19)20)10-5-3-2-4-6-10/h2-9,11H,1H3,(H,19,20). The number of halogens is 3. The predicted molar refractivity (Wildman–Crippen MR) is 69.8 cm³/mol. The lowest BCUT2D eigenvalue weighted by Crippen LogP contribution is -2.45. The molecule has 6 heteroatoms. The lowest BCUT2D eigenvalue weighted by atomic mass is 9.81. The van der Waals surface area contributed by atoms with Gasteiger partial charge < -0.3 is 9.84 Å². The Bertz CT molecular complexity index is 590. The van der Waals surface area contributed by atoms with Crippen LogP contribution in [0.1, 0.15) is 11.5 Å². The SMILES string of the molecule is COC1(C(F)(F)F)C=CC(c2ccccc2)C(C(=O)O)=C1. The highest BCUT2D eigenvalue weighted by atomic mass is 19.4. The van der Waals surface area contributed by atoms with Gasteiger partial charge in [0.15, 0.2) is 0 Å². The third-order valence-electron chi connectivity index (χ3n) is 3.43. The monoisotopic (exact) mass is 298 g/mol. The molecule has 0 aliphatic heterocycles. The van der Waals surface area contributed by atoms with E-state index in [1.807, 2.05) is 0 Å². The number of methoxy groups -OCH3 is 1. The Balaban J connectivity index is 2.52. The number of hydrogen-bond donors (Lipinski definition) is 1. The molecule has 0 heterocycles. The number of benzene rings is 1. The zero-order chi connectivity index (χ0) is 15.7. The Morgan fingerprint density at radius 1 is 1.29 bits per heavy atom. The van der Waals surface area contributed by atoms with Gasteiger partial charge in [0.1, 0.15) is 0 Å². The molecule has 1 aliphatic carbocycles. The Kier molecular flexibility index (Phi) is 3.91. The summed E-state index contributed by atoms with van der Waals surface area (Å²) in [7, 11) is 0.899. The second kappa shape index (κ2) is 5.37. The molecule has 2 unspecified atom stereocenters. The molecular formula is C15H13F3O3. The van der Waals surface area contributed by atoms with E-state index in [1.165, 1.54) is 6.08 Å². The maximum absolute atomic E-state index is 13.1. The van der Waals surface area contributed by atoms with E-state index in [2.05, 4.69) is 4.74 Å². The topological polar surface area (TPSA) is 46.5 Å². The number of allylic oxidation sites excluding steroid dienone is 1. The zero-order valence-corrected chi connectivity index (χ0v) is 11.1. The fraction of sp³-hybridized carbons (Fsp3) is 0.267. The Morgan fingerprint density at radius 2 is 1.90 bits per heavy atom. The fourth-order valence-corrected chi connectivity index (χ4v) is 2.28. The molecule has 1 aliphatic rings. The maximum atomic E-state index is 13.1. The van der Waals surface area contributed by atoms with Crippen molar-refractivity contribution in [2.24, 2.45) is 0 Å². The van der Waals surface area contributed by atoms with E-state index < -0.39 is 23.7 Å². The van der Waals surface area contributed by atoms with Crippen LogP contribution >= 0.6 is 0 Å². The van der Waals surface area contributed by atoms with Gasteiger partial charge >= 0.3 is 12.1 Å². The van der Waals surface area contributed by atoms with Gasteiger partial charge in [0.25, 0.3) is 0 Å². The summed E-state index contributed by atoms with van der Waals surface area (Å²) in [5.74, 6) is -2.15. The molecule has 112 valence electrons. The van der Waals surface area contributed by atoms with E-state index in [4.69, 9.17) is 0 Å². The van der Waals surface area contributed by atoms with E-state index in [9.17, 15) is 23.1 Å². The molecule has 0 spiro atoms. The van der Waals surface area contributed by atoms with Gasteiger partial charge in [-0.2, -0.15) is 13.2 Å². The van der Waals surface area contributed by atoms with Crippen LogP contribution in [-0.2, 0) is 9.53 Å². The first-order valence-electron chi connectivity index (χ1n) is 6.13. The average molecular weight is 298 g/mol. The number of carboxylic acid groups (broad SMARTS) is 1. The molecule has 0 aromatic heterocycles. The minimum Gasteiger partial charge on any atom is -0.478 e. The molecule has 0 saturated heterocycles. The predicted octanol–water partition coefficient (Wildman–Crippen LogP) is 3.30. The highest BCUT2D eigenvalue weighted by molar-refractivity contribution is 5.90. The fourth-order valence-electron chi connectivity index (χ4n) is 2.28. The summed E-state index contributed by atoms with van der Waals surface area (Å²) < 4.78 is 44.0. The first-order valence-corrected chi connectivity index (χ1v) is 6.13. The molecule has 1 aromatic rings. The Hall–Kier alpha value is -2.08. The molecule has 2 atom stereocenters. The molecule has 1 aromatic carbocycles. The molecule has 3 nitrogen and oxygen atoms in total. The van der Waals surface area contributed by atoms with Gasteiger partial charge in [0.05, 0.1) is 0 Å². The molecule has 0 amide bonds. The Labute approximate surface area is 119 Å². The van der Waals surface area contributed by atoms with Crippen LogP contribution in [0.5, 0.6) is 0 Å². The second-order valence-electron chi connectivity index (χ2n) is 4.65. The number of aliphatic carboxylic acids is 1. The highest BCUT2D eigenvalue weighted by Crippen LogP contribution is 2.42. The van der Waals surface area contributed by atoms with Crippen molar-refractivity contribution in [3.8, 4) is 0 Å². The first-order chi connectivity index (χ1) is 9.81. The van der Waals surface area contributed by atoms with Crippen molar-refractivity contribution in [3.05, 3.63) is 59.7 Å². The minimum atomic E-state index is -4.74. The smallest absolute Gasteiger partial charge is 0.424 e. The third-order valence-corrected chi connectivity index (χ3v) is 3.43. The molecule has 2 rings (SSSR count). The van der Waals surface area contributed by atoms with Crippen molar-refractivity contribution >= 4 is 5.97 Å². The molecule has 1 N–H and O–H groups in total. The highest BCUT2D eigenvalue weighted by Gasteiger charge is 2.54. The van der Waals surface area contributed by atoms with Crippen LogP contribution in [0, 0.1) is 0 Å². The van der Waals surface area contributed by atoms with E-state index in [-0.39, 0.29) is 5.57 Å². The molecule has 0 saturated carbocycles.